The Hall–Kier alpha value is -2.84. The van der Waals surface area contributed by atoms with Gasteiger partial charge in [-0.25, -0.2) is 4.98 Å². The first-order valence-electron chi connectivity index (χ1n) is 12.0. The molecule has 2 N–H and O–H groups in total. The molecule has 1 amide bonds. The Morgan fingerprint density at radius 3 is 2.62 bits per heavy atom. The van der Waals surface area contributed by atoms with E-state index in [4.69, 9.17) is 26.1 Å². The van der Waals surface area contributed by atoms with Crippen LogP contribution in [0.2, 0.25) is 5.02 Å². The zero-order valence-corrected chi connectivity index (χ0v) is 20.1. The van der Waals surface area contributed by atoms with Crippen molar-refractivity contribution in [2.45, 2.75) is 38.7 Å². The molecule has 0 atom stereocenters. The van der Waals surface area contributed by atoms with Crippen molar-refractivity contribution in [3.8, 4) is 17.3 Å². The lowest BCUT2D eigenvalue weighted by Gasteiger charge is -2.28. The normalized spacial score (nSPS) is 20.9. The van der Waals surface area contributed by atoms with Crippen LogP contribution in [-0.2, 0) is 9.53 Å². The van der Waals surface area contributed by atoms with Gasteiger partial charge < -0.3 is 24.7 Å². The number of carbonyl (C=O) groups is 1. The molecule has 9 heteroatoms. The minimum atomic E-state index is 0.0271. The Balaban J connectivity index is 1.25. The second-order valence-corrected chi connectivity index (χ2v) is 9.48. The number of morpholine rings is 1. The average Bonchev–Trinajstić information content (AvgIpc) is 3.24. The SMILES string of the molecule is CC(=O)NCC1CCC(Oc2nc3nc(-c4ccc(N5CCOCC5)cc4)c(Cl)cc3[nH]2)CC1. The number of benzene rings is 1. The summed E-state index contributed by atoms with van der Waals surface area (Å²) in [6.45, 7) is 5.62. The van der Waals surface area contributed by atoms with Gasteiger partial charge in [0, 0.05) is 37.8 Å². The fraction of sp³-hybridized carbons (Fsp3) is 0.480. The number of nitrogens with zero attached hydrogens (tertiary/aromatic N) is 3. The van der Waals surface area contributed by atoms with E-state index in [-0.39, 0.29) is 12.0 Å². The Kier molecular flexibility index (Phi) is 6.87. The number of anilines is 1. The number of amides is 1. The summed E-state index contributed by atoms with van der Waals surface area (Å²) < 4.78 is 11.6. The smallest absolute Gasteiger partial charge is 0.296 e. The van der Waals surface area contributed by atoms with Crippen LogP contribution in [0.4, 0.5) is 5.69 Å². The number of pyridine rings is 1. The van der Waals surface area contributed by atoms with Gasteiger partial charge >= 0.3 is 0 Å². The highest BCUT2D eigenvalue weighted by Crippen LogP contribution is 2.32. The topological polar surface area (TPSA) is 92.4 Å². The minimum absolute atomic E-state index is 0.0271. The molecule has 1 aliphatic heterocycles. The van der Waals surface area contributed by atoms with E-state index in [0.717, 1.165) is 69.6 Å². The van der Waals surface area contributed by atoms with Crippen LogP contribution in [0.5, 0.6) is 6.01 Å². The third kappa shape index (κ3) is 5.28. The summed E-state index contributed by atoms with van der Waals surface area (Å²) >= 11 is 6.59. The molecule has 180 valence electrons. The van der Waals surface area contributed by atoms with Gasteiger partial charge in [-0.15, -0.1) is 0 Å². The molecule has 3 aromatic rings. The highest BCUT2D eigenvalue weighted by Gasteiger charge is 2.24. The predicted octanol–water partition coefficient (Wildman–Crippen LogP) is 4.19. The van der Waals surface area contributed by atoms with Crippen molar-refractivity contribution in [2.24, 2.45) is 5.92 Å². The third-order valence-corrected chi connectivity index (χ3v) is 6.92. The van der Waals surface area contributed by atoms with Gasteiger partial charge in [-0.05, 0) is 49.8 Å². The van der Waals surface area contributed by atoms with Crippen molar-refractivity contribution >= 4 is 34.4 Å². The molecule has 0 radical (unpaired) electrons. The Morgan fingerprint density at radius 2 is 1.91 bits per heavy atom. The van der Waals surface area contributed by atoms with Gasteiger partial charge in [0.15, 0.2) is 5.65 Å². The van der Waals surface area contributed by atoms with Gasteiger partial charge in [-0.2, -0.15) is 4.98 Å². The van der Waals surface area contributed by atoms with E-state index >= 15 is 0 Å². The average molecular weight is 484 g/mol. The van der Waals surface area contributed by atoms with Gasteiger partial charge in [-0.1, -0.05) is 23.7 Å². The molecule has 34 heavy (non-hydrogen) atoms. The minimum Gasteiger partial charge on any atom is -0.461 e. The number of hydrogen-bond donors (Lipinski definition) is 2. The summed E-state index contributed by atoms with van der Waals surface area (Å²) in [7, 11) is 0. The van der Waals surface area contributed by atoms with Crippen molar-refractivity contribution in [3.05, 3.63) is 35.4 Å². The molecule has 1 saturated heterocycles. The van der Waals surface area contributed by atoms with Crippen LogP contribution < -0.4 is 15.0 Å². The fourth-order valence-electron chi connectivity index (χ4n) is 4.71. The molecule has 5 rings (SSSR count). The first-order valence-corrected chi connectivity index (χ1v) is 12.3. The lowest BCUT2D eigenvalue weighted by atomic mass is 9.87. The number of carbonyl (C=O) groups excluding carboxylic acids is 1. The van der Waals surface area contributed by atoms with E-state index in [1.165, 1.54) is 5.69 Å². The lowest BCUT2D eigenvalue weighted by Crippen LogP contribution is -2.36. The van der Waals surface area contributed by atoms with E-state index in [9.17, 15) is 4.79 Å². The first kappa shape index (κ1) is 22.9. The number of rotatable bonds is 6. The molecule has 2 fully saturated rings. The van der Waals surface area contributed by atoms with Crippen molar-refractivity contribution in [2.75, 3.05) is 37.7 Å². The maximum Gasteiger partial charge on any atom is 0.296 e. The number of halogens is 1. The highest BCUT2D eigenvalue weighted by molar-refractivity contribution is 6.33. The second kappa shape index (κ2) is 10.2. The molecule has 1 aliphatic carbocycles. The first-order chi connectivity index (χ1) is 16.5. The van der Waals surface area contributed by atoms with Crippen LogP contribution in [-0.4, -0.2) is 59.8 Å². The summed E-state index contributed by atoms with van der Waals surface area (Å²) in [4.78, 5) is 26.0. The molecule has 0 spiro atoms. The second-order valence-electron chi connectivity index (χ2n) is 9.08. The molecule has 2 aliphatic rings. The quantitative estimate of drug-likeness (QED) is 0.546. The summed E-state index contributed by atoms with van der Waals surface area (Å²) in [5.74, 6) is 0.538. The number of imidazole rings is 1. The molecule has 8 nitrogen and oxygen atoms in total. The Bertz CT molecular complexity index is 1140. The van der Waals surface area contributed by atoms with Gasteiger partial charge in [-0.3, -0.25) is 4.79 Å². The van der Waals surface area contributed by atoms with Crippen LogP contribution in [0.15, 0.2) is 30.3 Å². The predicted molar refractivity (Wildman–Crippen MR) is 132 cm³/mol. The van der Waals surface area contributed by atoms with Gasteiger partial charge in [0.2, 0.25) is 5.91 Å². The number of nitrogens with one attached hydrogen (secondary N) is 2. The van der Waals surface area contributed by atoms with E-state index in [0.29, 0.717) is 28.3 Å². The van der Waals surface area contributed by atoms with E-state index in [1.54, 1.807) is 6.92 Å². The number of aromatic nitrogens is 3. The molecular weight excluding hydrogens is 454 g/mol. The lowest BCUT2D eigenvalue weighted by molar-refractivity contribution is -0.119. The molecule has 0 bridgehead atoms. The number of ether oxygens (including phenoxy) is 2. The molecule has 3 heterocycles. The summed E-state index contributed by atoms with van der Waals surface area (Å²) in [6, 6.07) is 10.6. The molecule has 2 aromatic heterocycles. The maximum absolute atomic E-state index is 11.1. The molecule has 0 unspecified atom stereocenters. The fourth-order valence-corrected chi connectivity index (χ4v) is 4.97. The number of fused-ring (bicyclic) bond motifs is 1. The van der Waals surface area contributed by atoms with Crippen LogP contribution in [0.3, 0.4) is 0 Å². The largest absolute Gasteiger partial charge is 0.461 e. The number of hydrogen-bond acceptors (Lipinski definition) is 6. The van der Waals surface area contributed by atoms with Gasteiger partial charge in [0.05, 0.1) is 29.4 Å². The molecule has 1 aromatic carbocycles. The van der Waals surface area contributed by atoms with Crippen LogP contribution in [0.1, 0.15) is 32.6 Å². The zero-order chi connectivity index (χ0) is 23.5. The summed E-state index contributed by atoms with van der Waals surface area (Å²) in [5, 5.41) is 3.48. The van der Waals surface area contributed by atoms with E-state index in [1.807, 2.05) is 18.2 Å². The Labute approximate surface area is 204 Å². The van der Waals surface area contributed by atoms with Crippen LogP contribution >= 0.6 is 11.6 Å². The zero-order valence-electron chi connectivity index (χ0n) is 19.3. The highest BCUT2D eigenvalue weighted by atomic mass is 35.5. The standard InChI is InChI=1S/C25H30ClN5O3/c1-16(32)27-15-17-2-8-20(9-3-17)34-25-28-22-14-21(26)23(29-24(22)30-25)18-4-6-19(7-5-18)31-10-12-33-13-11-31/h4-7,14,17,20H,2-3,8-13,15H2,1H3,(H,27,32)(H,28,29,30). The van der Waals surface area contributed by atoms with Crippen LogP contribution in [0, 0.1) is 5.92 Å². The van der Waals surface area contributed by atoms with Gasteiger partial charge in [0.1, 0.15) is 6.10 Å². The van der Waals surface area contributed by atoms with E-state index in [2.05, 4.69) is 32.3 Å². The number of H-pyrrole nitrogens is 1. The van der Waals surface area contributed by atoms with Crippen molar-refractivity contribution < 1.29 is 14.3 Å². The molecular formula is C25H30ClN5O3. The van der Waals surface area contributed by atoms with Crippen molar-refractivity contribution in [1.29, 1.82) is 0 Å². The van der Waals surface area contributed by atoms with Crippen molar-refractivity contribution in [1.82, 2.24) is 20.3 Å². The molecule has 1 saturated carbocycles. The summed E-state index contributed by atoms with van der Waals surface area (Å²) in [5.41, 5.74) is 4.18. The number of aromatic amines is 1. The maximum atomic E-state index is 11.1. The monoisotopic (exact) mass is 483 g/mol. The van der Waals surface area contributed by atoms with Crippen molar-refractivity contribution in [3.63, 3.8) is 0 Å². The Morgan fingerprint density at radius 1 is 1.18 bits per heavy atom. The third-order valence-electron chi connectivity index (χ3n) is 6.63. The summed E-state index contributed by atoms with van der Waals surface area (Å²) in [6.07, 6.45) is 4.04. The van der Waals surface area contributed by atoms with E-state index < -0.39 is 0 Å². The van der Waals surface area contributed by atoms with Gasteiger partial charge in [0.25, 0.3) is 6.01 Å². The van der Waals surface area contributed by atoms with Crippen LogP contribution in [0.25, 0.3) is 22.4 Å².